The van der Waals surface area contributed by atoms with E-state index in [0.717, 1.165) is 30.9 Å². The molecule has 5 rings (SSSR count). The minimum absolute atomic E-state index is 0.843. The van der Waals surface area contributed by atoms with Crippen molar-refractivity contribution in [2.24, 2.45) is 0 Å². The fourth-order valence-corrected chi connectivity index (χ4v) is 4.25. The third kappa shape index (κ3) is 2.66. The first-order chi connectivity index (χ1) is 12.9. The summed E-state index contributed by atoms with van der Waals surface area (Å²) in [6.45, 7) is 2.25. The molecule has 3 aromatic carbocycles. The fraction of sp³-hybridized carbons (Fsp3) is 0.250. The highest BCUT2D eigenvalue weighted by Crippen LogP contribution is 2.40. The van der Waals surface area contributed by atoms with Crippen molar-refractivity contribution in [3.8, 4) is 0 Å². The Bertz CT molecular complexity index is 1040. The lowest BCUT2D eigenvalue weighted by atomic mass is 10.0. The van der Waals surface area contributed by atoms with Gasteiger partial charge in [-0.05, 0) is 41.7 Å². The molecule has 4 aromatic rings. The van der Waals surface area contributed by atoms with Gasteiger partial charge in [-0.2, -0.15) is 0 Å². The Morgan fingerprint density at radius 2 is 1.54 bits per heavy atom. The van der Waals surface area contributed by atoms with Crippen molar-refractivity contribution in [3.63, 3.8) is 0 Å². The van der Waals surface area contributed by atoms with Gasteiger partial charge in [-0.25, -0.2) is 0 Å². The Morgan fingerprint density at radius 1 is 0.769 bits per heavy atom. The topological polar surface area (TPSA) is 16.4 Å². The first kappa shape index (κ1) is 15.5. The van der Waals surface area contributed by atoms with E-state index in [4.69, 9.17) is 4.42 Å². The summed E-state index contributed by atoms with van der Waals surface area (Å²) >= 11 is 0. The average molecular weight is 341 g/mol. The number of piperidine rings is 1. The number of fused-ring (bicyclic) bond motifs is 3. The molecule has 2 nitrogen and oxygen atoms in total. The van der Waals surface area contributed by atoms with E-state index in [1.807, 2.05) is 0 Å². The molecule has 1 aliphatic rings. The minimum Gasteiger partial charge on any atom is -0.458 e. The van der Waals surface area contributed by atoms with Crippen molar-refractivity contribution in [2.75, 3.05) is 18.0 Å². The molecule has 2 heteroatoms. The van der Waals surface area contributed by atoms with Crippen molar-refractivity contribution in [2.45, 2.75) is 25.7 Å². The maximum absolute atomic E-state index is 6.42. The Balaban J connectivity index is 1.74. The molecule has 0 amide bonds. The van der Waals surface area contributed by atoms with Crippen LogP contribution in [0.15, 0.2) is 71.1 Å². The van der Waals surface area contributed by atoms with E-state index in [-0.39, 0.29) is 0 Å². The van der Waals surface area contributed by atoms with Gasteiger partial charge in [0.15, 0.2) is 0 Å². The van der Waals surface area contributed by atoms with E-state index in [1.54, 1.807) is 0 Å². The van der Waals surface area contributed by atoms with E-state index in [2.05, 4.69) is 71.6 Å². The number of rotatable bonds is 3. The van der Waals surface area contributed by atoms with Gasteiger partial charge in [-0.3, -0.25) is 0 Å². The summed E-state index contributed by atoms with van der Waals surface area (Å²) in [6.07, 6.45) is 4.71. The van der Waals surface area contributed by atoms with Crippen LogP contribution in [0.1, 0.15) is 30.6 Å². The van der Waals surface area contributed by atoms with Gasteiger partial charge < -0.3 is 9.32 Å². The molecule has 2 heterocycles. The molecular weight excluding hydrogens is 318 g/mol. The zero-order chi connectivity index (χ0) is 17.3. The van der Waals surface area contributed by atoms with Crippen molar-refractivity contribution in [1.29, 1.82) is 0 Å². The van der Waals surface area contributed by atoms with Gasteiger partial charge in [0.05, 0.1) is 11.1 Å². The highest BCUT2D eigenvalue weighted by atomic mass is 16.3. The van der Waals surface area contributed by atoms with Gasteiger partial charge in [-0.1, -0.05) is 60.7 Å². The van der Waals surface area contributed by atoms with E-state index in [1.165, 1.54) is 46.7 Å². The maximum Gasteiger partial charge on any atom is 0.137 e. The SMILES string of the molecule is c1ccc(Cc2oc3ccc4ccccc4c3c2N2CCCCC2)cc1. The molecule has 0 bridgehead atoms. The summed E-state index contributed by atoms with van der Waals surface area (Å²) < 4.78 is 6.42. The molecule has 0 saturated carbocycles. The Morgan fingerprint density at radius 3 is 2.38 bits per heavy atom. The lowest BCUT2D eigenvalue weighted by Crippen LogP contribution is -2.29. The molecule has 0 aliphatic carbocycles. The van der Waals surface area contributed by atoms with E-state index in [9.17, 15) is 0 Å². The summed E-state index contributed by atoms with van der Waals surface area (Å²) in [5, 5.41) is 3.87. The third-order valence-electron chi connectivity index (χ3n) is 5.50. The second-order valence-corrected chi connectivity index (χ2v) is 7.24. The predicted octanol–water partition coefficient (Wildman–Crippen LogP) is 6.17. The van der Waals surface area contributed by atoms with Crippen LogP contribution in [-0.4, -0.2) is 13.1 Å². The summed E-state index contributed by atoms with van der Waals surface area (Å²) in [5.41, 5.74) is 3.63. The molecule has 130 valence electrons. The molecule has 0 unspecified atom stereocenters. The molecule has 1 fully saturated rings. The molecular formula is C24H23NO. The van der Waals surface area contributed by atoms with Gasteiger partial charge in [0.1, 0.15) is 11.3 Å². The van der Waals surface area contributed by atoms with Crippen LogP contribution in [-0.2, 0) is 6.42 Å². The summed E-state index contributed by atoms with van der Waals surface area (Å²) in [5.74, 6) is 1.10. The molecule has 0 spiro atoms. The van der Waals surface area contributed by atoms with Crippen LogP contribution in [0.2, 0.25) is 0 Å². The molecule has 26 heavy (non-hydrogen) atoms. The molecule has 1 aliphatic heterocycles. The van der Waals surface area contributed by atoms with Crippen LogP contribution in [0.25, 0.3) is 21.7 Å². The average Bonchev–Trinajstić information content (AvgIpc) is 3.08. The Hall–Kier alpha value is -2.74. The van der Waals surface area contributed by atoms with Crippen LogP contribution in [0.3, 0.4) is 0 Å². The standard InChI is InChI=1S/C24H23NO/c1-3-9-18(10-4-1)17-22-24(25-15-7-2-8-16-25)23-20-12-6-5-11-19(20)13-14-21(23)26-22/h1,3-6,9-14H,2,7-8,15-17H2. The first-order valence-electron chi connectivity index (χ1n) is 9.62. The van der Waals surface area contributed by atoms with Crippen LogP contribution in [0.5, 0.6) is 0 Å². The normalized spacial score (nSPS) is 15.0. The zero-order valence-electron chi connectivity index (χ0n) is 14.9. The maximum atomic E-state index is 6.42. The molecule has 1 saturated heterocycles. The minimum atomic E-state index is 0.843. The largest absolute Gasteiger partial charge is 0.458 e. The van der Waals surface area contributed by atoms with Crippen molar-refractivity contribution in [1.82, 2.24) is 0 Å². The molecule has 0 radical (unpaired) electrons. The second kappa shape index (κ2) is 6.53. The highest BCUT2D eigenvalue weighted by Gasteiger charge is 2.23. The van der Waals surface area contributed by atoms with Crippen LogP contribution in [0, 0.1) is 0 Å². The first-order valence-corrected chi connectivity index (χ1v) is 9.62. The van der Waals surface area contributed by atoms with Crippen LogP contribution in [0.4, 0.5) is 5.69 Å². The number of benzene rings is 3. The summed E-state index contributed by atoms with van der Waals surface area (Å²) in [7, 11) is 0. The Labute approximate surface area is 154 Å². The molecule has 1 aromatic heterocycles. The zero-order valence-corrected chi connectivity index (χ0v) is 14.9. The van der Waals surface area contributed by atoms with Gasteiger partial charge >= 0.3 is 0 Å². The number of hydrogen-bond donors (Lipinski definition) is 0. The summed E-state index contributed by atoms with van der Waals surface area (Å²) in [4.78, 5) is 2.56. The quantitative estimate of drug-likeness (QED) is 0.443. The number of anilines is 1. The van der Waals surface area contributed by atoms with Crippen LogP contribution >= 0.6 is 0 Å². The number of furan rings is 1. The highest BCUT2D eigenvalue weighted by molar-refractivity contribution is 6.12. The second-order valence-electron chi connectivity index (χ2n) is 7.24. The number of hydrogen-bond acceptors (Lipinski definition) is 2. The van der Waals surface area contributed by atoms with E-state index in [0.29, 0.717) is 0 Å². The molecule has 0 N–H and O–H groups in total. The van der Waals surface area contributed by atoms with Crippen molar-refractivity contribution in [3.05, 3.63) is 78.1 Å². The lowest BCUT2D eigenvalue weighted by molar-refractivity contribution is 0.544. The van der Waals surface area contributed by atoms with Gasteiger partial charge in [-0.15, -0.1) is 0 Å². The summed E-state index contributed by atoms with van der Waals surface area (Å²) in [6, 6.07) is 23.6. The Kier molecular flexibility index (Phi) is 3.89. The van der Waals surface area contributed by atoms with Crippen molar-refractivity contribution < 1.29 is 4.42 Å². The van der Waals surface area contributed by atoms with E-state index >= 15 is 0 Å². The van der Waals surface area contributed by atoms with Gasteiger partial charge in [0.2, 0.25) is 0 Å². The van der Waals surface area contributed by atoms with Gasteiger partial charge in [0, 0.05) is 19.5 Å². The van der Waals surface area contributed by atoms with Gasteiger partial charge in [0.25, 0.3) is 0 Å². The van der Waals surface area contributed by atoms with Crippen molar-refractivity contribution >= 4 is 27.4 Å². The lowest BCUT2D eigenvalue weighted by Gasteiger charge is -2.29. The monoisotopic (exact) mass is 341 g/mol. The van der Waals surface area contributed by atoms with Crippen LogP contribution < -0.4 is 4.90 Å². The van der Waals surface area contributed by atoms with E-state index < -0.39 is 0 Å². The smallest absolute Gasteiger partial charge is 0.137 e. The number of nitrogens with zero attached hydrogens (tertiary/aromatic N) is 1. The molecule has 0 atom stereocenters. The predicted molar refractivity (Wildman–Crippen MR) is 109 cm³/mol. The third-order valence-corrected chi connectivity index (χ3v) is 5.50. The fourth-order valence-electron chi connectivity index (χ4n) is 4.25.